The van der Waals surface area contributed by atoms with Crippen LogP contribution in [0.5, 0.6) is 0 Å². The summed E-state index contributed by atoms with van der Waals surface area (Å²) in [5, 5.41) is 9.72. The summed E-state index contributed by atoms with van der Waals surface area (Å²) < 4.78 is 22.9. The van der Waals surface area contributed by atoms with Crippen molar-refractivity contribution in [3.8, 4) is 0 Å². The van der Waals surface area contributed by atoms with Crippen LogP contribution in [0.15, 0.2) is 12.2 Å². The van der Waals surface area contributed by atoms with Gasteiger partial charge in [-0.2, -0.15) is 0 Å². The molecule has 2 atom stereocenters. The van der Waals surface area contributed by atoms with Gasteiger partial charge in [0.1, 0.15) is 13.2 Å². The minimum Gasteiger partial charge on any atom is -0.477 e. The Balaban J connectivity index is 3.90. The Kier molecular flexibility index (Phi) is 60.5. The quantitative estimate of drug-likeness (QED) is 0.0211. The van der Waals surface area contributed by atoms with Crippen LogP contribution >= 0.6 is 0 Å². The van der Waals surface area contributed by atoms with Crippen molar-refractivity contribution in [2.45, 2.75) is 373 Å². The molecule has 2 unspecified atom stereocenters. The fourth-order valence-corrected chi connectivity index (χ4v) is 10.7. The smallest absolute Gasteiger partial charge is 0.361 e. The second kappa shape index (κ2) is 62.1. The fraction of sp³-hybridized carbons (Fsp3) is 0.929. The Morgan fingerprint density at radius 2 is 0.646 bits per heavy atom. The minimum absolute atomic E-state index is 0.173. The van der Waals surface area contributed by atoms with E-state index in [1.54, 1.807) is 0 Å². The number of likely N-dealkylation sites (N-methyl/N-ethyl adjacent to an activating group) is 1. The molecule has 0 rings (SSSR count). The fourth-order valence-electron chi connectivity index (χ4n) is 10.7. The van der Waals surface area contributed by atoms with Gasteiger partial charge >= 0.3 is 17.9 Å². The summed E-state index contributed by atoms with van der Waals surface area (Å²) >= 11 is 0. The van der Waals surface area contributed by atoms with E-state index in [4.69, 9.17) is 18.9 Å². The Hall–Kier alpha value is -1.97. The van der Waals surface area contributed by atoms with Gasteiger partial charge in [0, 0.05) is 12.8 Å². The van der Waals surface area contributed by atoms with Gasteiger partial charge in [-0.15, -0.1) is 0 Å². The van der Waals surface area contributed by atoms with Crippen LogP contribution in [0.2, 0.25) is 0 Å². The molecule has 0 aromatic carbocycles. The van der Waals surface area contributed by atoms with Crippen LogP contribution in [0, 0.1) is 0 Å². The maximum atomic E-state index is 12.9. The number of carbonyl (C=O) groups excluding carboxylic acids is 2. The van der Waals surface area contributed by atoms with Crippen LogP contribution in [-0.4, -0.2) is 87.4 Å². The van der Waals surface area contributed by atoms with E-state index in [2.05, 4.69) is 26.0 Å². The number of esters is 2. The predicted molar refractivity (Wildman–Crippen MR) is 337 cm³/mol. The molecular formula is C70H136NO8+. The molecule has 0 saturated carbocycles. The first kappa shape index (κ1) is 77.0. The molecule has 0 fully saturated rings. The average Bonchev–Trinajstić information content (AvgIpc) is 3.42. The molecule has 0 amide bonds. The summed E-state index contributed by atoms with van der Waals surface area (Å²) in [5.74, 6) is -1.97. The largest absolute Gasteiger partial charge is 0.477 e. The predicted octanol–water partition coefficient (Wildman–Crippen LogP) is 21.3. The first-order valence-corrected chi connectivity index (χ1v) is 34.9. The molecule has 0 aliphatic heterocycles. The summed E-state index contributed by atoms with van der Waals surface area (Å²) in [4.78, 5) is 37.5. The summed E-state index contributed by atoms with van der Waals surface area (Å²) in [6.07, 6.45) is 72.1. The van der Waals surface area contributed by atoms with Crippen molar-refractivity contribution in [1.82, 2.24) is 0 Å². The van der Waals surface area contributed by atoms with E-state index in [0.717, 1.165) is 38.5 Å². The topological polar surface area (TPSA) is 108 Å². The lowest BCUT2D eigenvalue weighted by molar-refractivity contribution is -0.870. The van der Waals surface area contributed by atoms with Crippen LogP contribution in [0.3, 0.4) is 0 Å². The van der Waals surface area contributed by atoms with Crippen molar-refractivity contribution in [2.24, 2.45) is 0 Å². The van der Waals surface area contributed by atoms with E-state index in [1.807, 2.05) is 21.1 Å². The summed E-state index contributed by atoms with van der Waals surface area (Å²) in [6.45, 7) is 4.94. The molecule has 0 saturated heterocycles. The molecule has 1 N–H and O–H groups in total. The molecule has 0 heterocycles. The highest BCUT2D eigenvalue weighted by molar-refractivity contribution is 5.71. The highest BCUT2D eigenvalue weighted by atomic mass is 16.7. The number of carbonyl (C=O) groups is 3. The molecule has 9 heteroatoms. The summed E-state index contributed by atoms with van der Waals surface area (Å²) in [7, 11) is 5.99. The van der Waals surface area contributed by atoms with E-state index in [0.29, 0.717) is 17.4 Å². The van der Waals surface area contributed by atoms with Crippen LogP contribution in [0.1, 0.15) is 361 Å². The van der Waals surface area contributed by atoms with Gasteiger partial charge in [0.2, 0.25) is 0 Å². The molecule has 0 radical (unpaired) electrons. The van der Waals surface area contributed by atoms with Crippen molar-refractivity contribution >= 4 is 17.9 Å². The minimum atomic E-state index is -1.50. The summed E-state index contributed by atoms with van der Waals surface area (Å²) in [5.41, 5.74) is 0. The molecule has 0 aromatic rings. The summed E-state index contributed by atoms with van der Waals surface area (Å²) in [6, 6.07) is 0. The second-order valence-corrected chi connectivity index (χ2v) is 25.2. The molecule has 9 nitrogen and oxygen atoms in total. The van der Waals surface area contributed by atoms with Gasteiger partial charge < -0.3 is 28.5 Å². The number of ether oxygens (including phenoxy) is 4. The number of carboxylic acids is 1. The van der Waals surface area contributed by atoms with Crippen LogP contribution in [-0.2, 0) is 33.3 Å². The van der Waals surface area contributed by atoms with Gasteiger partial charge in [-0.05, 0) is 38.5 Å². The number of unbranched alkanes of at least 4 members (excludes halogenated alkanes) is 49. The first-order valence-electron chi connectivity index (χ1n) is 34.9. The third kappa shape index (κ3) is 63.5. The molecule has 0 bridgehead atoms. The molecule has 79 heavy (non-hydrogen) atoms. The van der Waals surface area contributed by atoms with Crippen molar-refractivity contribution < 1.29 is 42.9 Å². The van der Waals surface area contributed by atoms with Crippen LogP contribution in [0.4, 0.5) is 0 Å². The zero-order chi connectivity index (χ0) is 57.6. The van der Waals surface area contributed by atoms with Crippen LogP contribution in [0.25, 0.3) is 0 Å². The van der Waals surface area contributed by atoms with Gasteiger partial charge in [0.25, 0.3) is 6.29 Å². The molecule has 0 aliphatic rings. The van der Waals surface area contributed by atoms with Gasteiger partial charge in [0.05, 0.1) is 34.4 Å². The lowest BCUT2D eigenvalue weighted by Crippen LogP contribution is -2.40. The zero-order valence-corrected chi connectivity index (χ0v) is 53.6. The van der Waals surface area contributed by atoms with Crippen molar-refractivity contribution in [3.05, 3.63) is 12.2 Å². The number of rotatable bonds is 66. The number of hydrogen-bond acceptors (Lipinski definition) is 7. The normalized spacial score (nSPS) is 12.7. The van der Waals surface area contributed by atoms with E-state index >= 15 is 0 Å². The molecule has 0 aromatic heterocycles. The SMILES string of the molecule is CCCCCCCCCC/C=C\CCCCCCCCCCCCCCCCCCCCCCCCCCCCCC(=O)OC(COC(=O)CCCCCCCCCCCCCCCCC)COC(OCC[N+](C)(C)C)C(=O)O. The highest BCUT2D eigenvalue weighted by Crippen LogP contribution is 2.19. The molecule has 468 valence electrons. The first-order chi connectivity index (χ1) is 38.6. The van der Waals surface area contributed by atoms with E-state index in [1.165, 1.54) is 295 Å². The number of nitrogens with zero attached hydrogens (tertiary/aromatic N) is 1. The number of quaternary nitrogens is 1. The third-order valence-corrected chi connectivity index (χ3v) is 16.0. The monoisotopic (exact) mass is 1120 g/mol. The van der Waals surface area contributed by atoms with Gasteiger partial charge in [0.15, 0.2) is 6.10 Å². The maximum absolute atomic E-state index is 12.9. The van der Waals surface area contributed by atoms with Crippen molar-refractivity contribution in [2.75, 3.05) is 47.5 Å². The number of aliphatic carboxylic acids is 1. The highest BCUT2D eigenvalue weighted by Gasteiger charge is 2.25. The number of hydrogen-bond donors (Lipinski definition) is 1. The molecule has 0 spiro atoms. The molecule has 0 aliphatic carbocycles. The Morgan fingerprint density at radius 1 is 0.367 bits per heavy atom. The molecular weight excluding hydrogens is 983 g/mol. The van der Waals surface area contributed by atoms with Gasteiger partial charge in [-0.25, -0.2) is 4.79 Å². The Labute approximate surface area is 491 Å². The number of allylic oxidation sites excluding steroid dienone is 2. The van der Waals surface area contributed by atoms with E-state index < -0.39 is 18.4 Å². The van der Waals surface area contributed by atoms with Gasteiger partial charge in [-0.3, -0.25) is 9.59 Å². The van der Waals surface area contributed by atoms with Crippen molar-refractivity contribution in [1.29, 1.82) is 0 Å². The third-order valence-electron chi connectivity index (χ3n) is 16.0. The van der Waals surface area contributed by atoms with E-state index in [9.17, 15) is 19.5 Å². The van der Waals surface area contributed by atoms with E-state index in [-0.39, 0.29) is 38.2 Å². The Morgan fingerprint density at radius 3 is 0.937 bits per heavy atom. The van der Waals surface area contributed by atoms with Gasteiger partial charge in [-0.1, -0.05) is 321 Å². The zero-order valence-electron chi connectivity index (χ0n) is 53.6. The number of carboxylic acid groups (broad SMARTS) is 1. The lowest BCUT2D eigenvalue weighted by atomic mass is 10.0. The second-order valence-electron chi connectivity index (χ2n) is 25.2. The maximum Gasteiger partial charge on any atom is 0.361 e. The Bertz CT molecular complexity index is 1300. The van der Waals surface area contributed by atoms with Crippen LogP contribution < -0.4 is 0 Å². The lowest BCUT2D eigenvalue weighted by Gasteiger charge is -2.25. The van der Waals surface area contributed by atoms with Crippen molar-refractivity contribution in [3.63, 3.8) is 0 Å². The standard InChI is InChI=1S/C70H135NO8/c1-6-8-10-12-14-16-18-20-22-23-24-25-26-27-28-29-30-31-32-33-34-35-36-37-38-39-40-41-42-43-44-45-47-49-51-53-55-57-59-61-68(73)79-66(65-78-70(69(74)75)76-63-62-71(3,4)5)64-77-67(72)60-58-56-54-52-50-48-46-21-19-17-15-13-11-9-7-2/h23-24,66,70H,6-22,25-65H2,1-5H3/p+1/b24-23-. The average molecular weight is 1120 g/mol.